The summed E-state index contributed by atoms with van der Waals surface area (Å²) in [7, 11) is 0. The van der Waals surface area contributed by atoms with Crippen LogP contribution in [0.2, 0.25) is 0 Å². The minimum atomic E-state index is -0.355. The van der Waals surface area contributed by atoms with Gasteiger partial charge in [0.05, 0.1) is 0 Å². The molecule has 1 N–H and O–H groups in total. The summed E-state index contributed by atoms with van der Waals surface area (Å²) in [5.74, 6) is 0.311. The molecule has 4 rings (SSSR count). The highest BCUT2D eigenvalue weighted by atomic mass is 19.1. The molecule has 0 radical (unpaired) electrons. The van der Waals surface area contributed by atoms with Crippen LogP contribution in [0.1, 0.15) is 17.5 Å². The highest BCUT2D eigenvalue weighted by Gasteiger charge is 2.26. The van der Waals surface area contributed by atoms with E-state index < -0.39 is 0 Å². The second kappa shape index (κ2) is 7.83. The molecule has 1 aliphatic carbocycles. The van der Waals surface area contributed by atoms with Crippen molar-refractivity contribution in [1.82, 2.24) is 10.3 Å². The molecule has 146 valence electrons. The Hall–Kier alpha value is -3.54. The molecule has 1 aliphatic heterocycles. The number of ketones is 1. The average molecular weight is 391 g/mol. The van der Waals surface area contributed by atoms with Gasteiger partial charge in [-0.2, -0.15) is 0 Å². The first-order chi connectivity index (χ1) is 14.0. The van der Waals surface area contributed by atoms with Crippen LogP contribution in [0.3, 0.4) is 0 Å². The Bertz CT molecular complexity index is 1080. The van der Waals surface area contributed by atoms with Crippen molar-refractivity contribution < 1.29 is 13.6 Å². The first-order valence-electron chi connectivity index (χ1n) is 9.27. The predicted octanol–water partition coefficient (Wildman–Crippen LogP) is 4.92. The van der Waals surface area contributed by atoms with Crippen molar-refractivity contribution in [2.75, 3.05) is 4.90 Å². The maximum Gasteiger partial charge on any atom is 0.163 e. The van der Waals surface area contributed by atoms with Gasteiger partial charge in [-0.3, -0.25) is 9.69 Å². The lowest BCUT2D eigenvalue weighted by Gasteiger charge is -2.28. The Morgan fingerprint density at radius 2 is 1.86 bits per heavy atom. The predicted molar refractivity (Wildman–Crippen MR) is 108 cm³/mol. The number of nitrogens with zero attached hydrogens (tertiary/aromatic N) is 2. The lowest BCUT2D eigenvalue weighted by Crippen LogP contribution is -2.28. The quantitative estimate of drug-likeness (QED) is 0.807. The number of hydrogen-bond acceptors (Lipinski definition) is 4. The summed E-state index contributed by atoms with van der Waals surface area (Å²) in [4.78, 5) is 19.0. The number of halogens is 2. The summed E-state index contributed by atoms with van der Waals surface area (Å²) in [6.45, 7) is 1.93. The van der Waals surface area contributed by atoms with Gasteiger partial charge < -0.3 is 5.32 Å². The van der Waals surface area contributed by atoms with Gasteiger partial charge >= 0.3 is 0 Å². The molecular weight excluding hydrogens is 372 g/mol. The summed E-state index contributed by atoms with van der Waals surface area (Å²) in [5, 5.41) is 3.22. The van der Waals surface area contributed by atoms with Crippen LogP contribution < -0.4 is 10.2 Å². The van der Waals surface area contributed by atoms with Gasteiger partial charge in [0.1, 0.15) is 23.3 Å². The van der Waals surface area contributed by atoms with Crippen molar-refractivity contribution in [1.29, 1.82) is 0 Å². The third kappa shape index (κ3) is 4.01. The second-order valence-corrected chi connectivity index (χ2v) is 6.86. The minimum Gasteiger partial charge on any atom is -0.341 e. The van der Waals surface area contributed by atoms with Crippen LogP contribution in [-0.2, 0) is 11.2 Å². The standard InChI is InChI=1S/C23H19F2N3O/c1-15-11-12-26-23-21(15)13-20(29)14-22(27-18-4-2-3-16(24)5-8-18)28(23)19-9-6-17(25)7-10-19/h3-12,14,27H,2,13H2,1H3. The van der Waals surface area contributed by atoms with Gasteiger partial charge in [-0.15, -0.1) is 0 Å². The van der Waals surface area contributed by atoms with Crippen molar-refractivity contribution in [3.63, 3.8) is 0 Å². The van der Waals surface area contributed by atoms with Gasteiger partial charge in [-0.05, 0) is 67.5 Å². The first kappa shape index (κ1) is 18.8. The van der Waals surface area contributed by atoms with E-state index in [0.717, 1.165) is 11.1 Å². The van der Waals surface area contributed by atoms with Crippen molar-refractivity contribution in [2.24, 2.45) is 0 Å². The van der Waals surface area contributed by atoms with E-state index in [1.165, 1.54) is 30.4 Å². The fourth-order valence-corrected chi connectivity index (χ4v) is 3.33. The zero-order valence-electron chi connectivity index (χ0n) is 15.8. The number of carbonyl (C=O) groups is 1. The largest absolute Gasteiger partial charge is 0.341 e. The molecule has 29 heavy (non-hydrogen) atoms. The van der Waals surface area contributed by atoms with Gasteiger partial charge in [0.25, 0.3) is 0 Å². The molecule has 0 spiro atoms. The van der Waals surface area contributed by atoms with Crippen LogP contribution in [0.25, 0.3) is 0 Å². The highest BCUT2D eigenvalue weighted by molar-refractivity contribution is 5.96. The Kier molecular flexibility index (Phi) is 5.08. The number of pyridine rings is 1. The van der Waals surface area contributed by atoms with Crippen molar-refractivity contribution in [3.05, 3.63) is 101 Å². The molecule has 2 heterocycles. The Morgan fingerprint density at radius 1 is 1.07 bits per heavy atom. The number of fused-ring (bicyclic) bond motifs is 1. The van der Waals surface area contributed by atoms with Crippen LogP contribution in [0.4, 0.5) is 20.3 Å². The normalized spacial score (nSPS) is 16.3. The Balaban J connectivity index is 1.82. The number of nitrogens with one attached hydrogen (secondary N) is 1. The molecule has 0 bridgehead atoms. The zero-order chi connectivity index (χ0) is 20.4. The van der Waals surface area contributed by atoms with Gasteiger partial charge in [0.15, 0.2) is 5.78 Å². The number of aromatic nitrogens is 1. The smallest absolute Gasteiger partial charge is 0.163 e. The SMILES string of the molecule is Cc1ccnc2c1CC(=O)C=C(NC1=CCC=C(F)C=C1)N2c1ccc(F)cc1. The molecule has 6 heteroatoms. The van der Waals surface area contributed by atoms with E-state index in [-0.39, 0.29) is 23.8 Å². The van der Waals surface area contributed by atoms with Crippen molar-refractivity contribution >= 4 is 17.3 Å². The van der Waals surface area contributed by atoms with Crippen LogP contribution in [0.5, 0.6) is 0 Å². The van der Waals surface area contributed by atoms with Crippen molar-refractivity contribution in [3.8, 4) is 0 Å². The fourth-order valence-electron chi connectivity index (χ4n) is 3.33. The molecule has 0 unspecified atom stereocenters. The van der Waals surface area contributed by atoms with Crippen molar-refractivity contribution in [2.45, 2.75) is 19.8 Å². The average Bonchev–Trinajstić information content (AvgIpc) is 2.97. The molecule has 0 atom stereocenters. The van der Waals surface area contributed by atoms with E-state index in [9.17, 15) is 13.6 Å². The second-order valence-electron chi connectivity index (χ2n) is 6.86. The zero-order valence-corrected chi connectivity index (χ0v) is 15.8. The van der Waals surface area contributed by atoms with E-state index in [2.05, 4.69) is 10.3 Å². The molecule has 4 nitrogen and oxygen atoms in total. The third-order valence-corrected chi connectivity index (χ3v) is 4.80. The number of rotatable bonds is 3. The maximum absolute atomic E-state index is 13.5. The summed E-state index contributed by atoms with van der Waals surface area (Å²) >= 11 is 0. The van der Waals surface area contributed by atoms with Gasteiger partial charge in [0.2, 0.25) is 0 Å². The molecular formula is C23H19F2N3O. The minimum absolute atomic E-state index is 0.0861. The lowest BCUT2D eigenvalue weighted by molar-refractivity contribution is -0.114. The van der Waals surface area contributed by atoms with E-state index in [0.29, 0.717) is 29.4 Å². The van der Waals surface area contributed by atoms with E-state index in [1.807, 2.05) is 19.1 Å². The van der Waals surface area contributed by atoms with Gasteiger partial charge in [-0.1, -0.05) is 6.08 Å². The number of benzene rings is 1. The van der Waals surface area contributed by atoms with E-state index in [4.69, 9.17) is 0 Å². The number of aryl methyl sites for hydroxylation is 1. The summed E-state index contributed by atoms with van der Waals surface area (Å²) < 4.78 is 27.1. The van der Waals surface area contributed by atoms with Gasteiger partial charge in [0, 0.05) is 35.6 Å². The molecule has 2 aliphatic rings. The molecule has 0 amide bonds. The molecule has 1 aromatic heterocycles. The van der Waals surface area contributed by atoms with Crippen LogP contribution >= 0.6 is 0 Å². The Morgan fingerprint density at radius 3 is 2.66 bits per heavy atom. The highest BCUT2D eigenvalue weighted by Crippen LogP contribution is 2.34. The van der Waals surface area contributed by atoms with Crippen LogP contribution in [0.15, 0.2) is 84.3 Å². The molecule has 0 saturated heterocycles. The lowest BCUT2D eigenvalue weighted by atomic mass is 10.1. The summed E-state index contributed by atoms with van der Waals surface area (Å²) in [5.41, 5.74) is 3.07. The molecule has 0 saturated carbocycles. The summed E-state index contributed by atoms with van der Waals surface area (Å²) in [6, 6.07) is 7.84. The fraction of sp³-hybridized carbons (Fsp3) is 0.130. The van der Waals surface area contributed by atoms with Gasteiger partial charge in [-0.25, -0.2) is 13.8 Å². The summed E-state index contributed by atoms with van der Waals surface area (Å²) in [6.07, 6.45) is 10.1. The maximum atomic E-state index is 13.5. The van der Waals surface area contributed by atoms with Crippen LogP contribution in [0, 0.1) is 12.7 Å². The van der Waals surface area contributed by atoms with E-state index >= 15 is 0 Å². The molecule has 2 aromatic rings. The first-order valence-corrected chi connectivity index (χ1v) is 9.27. The van der Waals surface area contributed by atoms with E-state index in [1.54, 1.807) is 29.3 Å². The Labute approximate surface area is 167 Å². The third-order valence-electron chi connectivity index (χ3n) is 4.80. The monoisotopic (exact) mass is 391 g/mol. The number of anilines is 2. The molecule has 1 aromatic carbocycles. The number of hydrogen-bond donors (Lipinski definition) is 1. The van der Waals surface area contributed by atoms with Crippen LogP contribution in [-0.4, -0.2) is 10.8 Å². The number of allylic oxidation sites excluding steroid dienone is 6. The number of carbonyl (C=O) groups excluding carboxylic acids is 1. The topological polar surface area (TPSA) is 45.2 Å². The molecule has 0 fully saturated rings.